The Balaban J connectivity index is 2.40. The maximum atomic E-state index is 6.16. The van der Waals surface area contributed by atoms with Crippen LogP contribution in [-0.4, -0.2) is 31.5 Å². The summed E-state index contributed by atoms with van der Waals surface area (Å²) in [5.41, 5.74) is 6.16. The minimum absolute atomic E-state index is 0.103. The third-order valence-electron chi connectivity index (χ3n) is 3.47. The van der Waals surface area contributed by atoms with Crippen molar-refractivity contribution in [1.82, 2.24) is 0 Å². The normalized spacial score (nSPS) is 38.2. The number of hydrogen-bond donors (Lipinski definition) is 1. The SMILES string of the molecule is CCCOCC(N)C1C(C)OC(C)C1C. The van der Waals surface area contributed by atoms with Crippen molar-refractivity contribution in [2.45, 2.75) is 52.4 Å². The fourth-order valence-corrected chi connectivity index (χ4v) is 2.51. The van der Waals surface area contributed by atoms with E-state index in [-0.39, 0.29) is 12.1 Å². The highest BCUT2D eigenvalue weighted by atomic mass is 16.5. The molecule has 0 aromatic heterocycles. The highest BCUT2D eigenvalue weighted by molar-refractivity contribution is 4.90. The number of ether oxygens (including phenoxy) is 2. The maximum absolute atomic E-state index is 6.16. The van der Waals surface area contributed by atoms with Gasteiger partial charge in [0.2, 0.25) is 0 Å². The molecule has 15 heavy (non-hydrogen) atoms. The van der Waals surface area contributed by atoms with E-state index >= 15 is 0 Å². The molecule has 0 saturated carbocycles. The first-order valence-corrected chi connectivity index (χ1v) is 6.06. The second-order valence-corrected chi connectivity index (χ2v) is 4.72. The molecule has 3 heteroatoms. The zero-order valence-electron chi connectivity index (χ0n) is 10.4. The van der Waals surface area contributed by atoms with Crippen LogP contribution in [0.4, 0.5) is 0 Å². The molecule has 0 aromatic rings. The Labute approximate surface area is 93.3 Å². The lowest BCUT2D eigenvalue weighted by molar-refractivity contribution is 0.0410. The van der Waals surface area contributed by atoms with Gasteiger partial charge < -0.3 is 15.2 Å². The maximum Gasteiger partial charge on any atom is 0.0621 e. The minimum atomic E-state index is 0.103. The Morgan fingerprint density at radius 3 is 2.40 bits per heavy atom. The molecule has 0 aliphatic carbocycles. The smallest absolute Gasteiger partial charge is 0.0621 e. The first-order valence-electron chi connectivity index (χ1n) is 6.06. The Morgan fingerprint density at radius 1 is 1.27 bits per heavy atom. The van der Waals surface area contributed by atoms with Gasteiger partial charge in [-0.2, -0.15) is 0 Å². The molecule has 1 aliphatic heterocycles. The van der Waals surface area contributed by atoms with Gasteiger partial charge in [0.1, 0.15) is 0 Å². The predicted molar refractivity (Wildman–Crippen MR) is 61.7 cm³/mol. The topological polar surface area (TPSA) is 44.5 Å². The third-order valence-corrected chi connectivity index (χ3v) is 3.47. The summed E-state index contributed by atoms with van der Waals surface area (Å²) in [4.78, 5) is 0. The van der Waals surface area contributed by atoms with Crippen molar-refractivity contribution in [1.29, 1.82) is 0 Å². The van der Waals surface area contributed by atoms with E-state index in [1.807, 2.05) is 0 Å². The van der Waals surface area contributed by atoms with E-state index in [9.17, 15) is 0 Å². The summed E-state index contributed by atoms with van der Waals surface area (Å²) >= 11 is 0. The van der Waals surface area contributed by atoms with Crippen LogP contribution in [0.15, 0.2) is 0 Å². The van der Waals surface area contributed by atoms with Gasteiger partial charge in [-0.15, -0.1) is 0 Å². The summed E-state index contributed by atoms with van der Waals surface area (Å²) in [6.07, 6.45) is 1.63. The van der Waals surface area contributed by atoms with Gasteiger partial charge in [-0.05, 0) is 26.2 Å². The molecule has 0 aromatic carbocycles. The zero-order valence-corrected chi connectivity index (χ0v) is 10.4. The van der Waals surface area contributed by atoms with Crippen LogP contribution in [0.3, 0.4) is 0 Å². The van der Waals surface area contributed by atoms with E-state index in [1.54, 1.807) is 0 Å². The molecule has 5 atom stereocenters. The Morgan fingerprint density at radius 2 is 1.93 bits per heavy atom. The fraction of sp³-hybridized carbons (Fsp3) is 1.00. The standard InChI is InChI=1S/C12H25NO2/c1-5-6-14-7-11(13)12-8(2)9(3)15-10(12)4/h8-12H,5-7,13H2,1-4H3. The molecule has 1 aliphatic rings. The average molecular weight is 215 g/mol. The quantitative estimate of drug-likeness (QED) is 0.711. The van der Waals surface area contributed by atoms with Crippen LogP contribution in [0.2, 0.25) is 0 Å². The zero-order chi connectivity index (χ0) is 11.4. The van der Waals surface area contributed by atoms with Crippen molar-refractivity contribution in [2.24, 2.45) is 17.6 Å². The molecule has 5 unspecified atom stereocenters. The van der Waals surface area contributed by atoms with Crippen LogP contribution >= 0.6 is 0 Å². The molecule has 1 fully saturated rings. The Kier molecular flexibility index (Phi) is 5.03. The van der Waals surface area contributed by atoms with Crippen molar-refractivity contribution >= 4 is 0 Å². The fourth-order valence-electron chi connectivity index (χ4n) is 2.51. The molecule has 0 spiro atoms. The van der Waals surface area contributed by atoms with Crippen molar-refractivity contribution in [3.05, 3.63) is 0 Å². The van der Waals surface area contributed by atoms with Gasteiger partial charge >= 0.3 is 0 Å². The van der Waals surface area contributed by atoms with Crippen molar-refractivity contribution in [2.75, 3.05) is 13.2 Å². The van der Waals surface area contributed by atoms with E-state index < -0.39 is 0 Å². The second kappa shape index (κ2) is 5.83. The lowest BCUT2D eigenvalue weighted by Gasteiger charge is -2.25. The predicted octanol–water partition coefficient (Wildman–Crippen LogP) is 1.80. The first-order chi connectivity index (χ1) is 7.07. The molecule has 2 N–H and O–H groups in total. The summed E-state index contributed by atoms with van der Waals surface area (Å²) in [5, 5.41) is 0. The summed E-state index contributed by atoms with van der Waals surface area (Å²) in [6.45, 7) is 10.0. The summed E-state index contributed by atoms with van der Waals surface area (Å²) < 4.78 is 11.3. The van der Waals surface area contributed by atoms with Crippen LogP contribution in [0, 0.1) is 11.8 Å². The lowest BCUT2D eigenvalue weighted by Crippen LogP contribution is -2.41. The van der Waals surface area contributed by atoms with E-state index in [0.717, 1.165) is 13.0 Å². The summed E-state index contributed by atoms with van der Waals surface area (Å²) in [6, 6.07) is 0.103. The van der Waals surface area contributed by atoms with Gasteiger partial charge in [0.05, 0.1) is 18.8 Å². The molecular weight excluding hydrogens is 190 g/mol. The van der Waals surface area contributed by atoms with Crippen LogP contribution in [0.5, 0.6) is 0 Å². The van der Waals surface area contributed by atoms with E-state index in [1.165, 1.54) is 0 Å². The van der Waals surface area contributed by atoms with Crippen LogP contribution < -0.4 is 5.73 Å². The molecule has 90 valence electrons. The van der Waals surface area contributed by atoms with Gasteiger partial charge in [-0.1, -0.05) is 13.8 Å². The molecule has 1 saturated heterocycles. The second-order valence-electron chi connectivity index (χ2n) is 4.72. The Bertz CT molecular complexity index is 186. The van der Waals surface area contributed by atoms with Gasteiger partial charge in [-0.25, -0.2) is 0 Å². The van der Waals surface area contributed by atoms with E-state index in [4.69, 9.17) is 15.2 Å². The van der Waals surface area contributed by atoms with Gasteiger partial charge in [0.25, 0.3) is 0 Å². The van der Waals surface area contributed by atoms with E-state index in [2.05, 4.69) is 27.7 Å². The Hall–Kier alpha value is -0.120. The summed E-state index contributed by atoms with van der Waals surface area (Å²) in [5.74, 6) is 0.956. The van der Waals surface area contributed by atoms with Crippen LogP contribution in [-0.2, 0) is 9.47 Å². The third kappa shape index (κ3) is 3.16. The van der Waals surface area contributed by atoms with Gasteiger partial charge in [-0.3, -0.25) is 0 Å². The highest BCUT2D eigenvalue weighted by Gasteiger charge is 2.40. The van der Waals surface area contributed by atoms with Crippen molar-refractivity contribution in [3.8, 4) is 0 Å². The van der Waals surface area contributed by atoms with Crippen molar-refractivity contribution in [3.63, 3.8) is 0 Å². The molecule has 0 radical (unpaired) electrons. The first kappa shape index (κ1) is 12.9. The number of nitrogens with two attached hydrogens (primary N) is 1. The molecule has 1 rings (SSSR count). The molecule has 1 heterocycles. The van der Waals surface area contributed by atoms with Crippen LogP contribution in [0.25, 0.3) is 0 Å². The minimum Gasteiger partial charge on any atom is -0.380 e. The van der Waals surface area contributed by atoms with Crippen LogP contribution in [0.1, 0.15) is 34.1 Å². The monoisotopic (exact) mass is 215 g/mol. The molecule has 3 nitrogen and oxygen atoms in total. The molecule has 0 amide bonds. The lowest BCUT2D eigenvalue weighted by atomic mass is 9.84. The molecular formula is C12H25NO2. The number of rotatable bonds is 5. The molecule has 0 bridgehead atoms. The largest absolute Gasteiger partial charge is 0.380 e. The number of hydrogen-bond acceptors (Lipinski definition) is 3. The van der Waals surface area contributed by atoms with Crippen molar-refractivity contribution < 1.29 is 9.47 Å². The summed E-state index contributed by atoms with van der Waals surface area (Å²) in [7, 11) is 0. The average Bonchev–Trinajstić information content (AvgIpc) is 2.41. The highest BCUT2D eigenvalue weighted by Crippen LogP contribution is 2.33. The van der Waals surface area contributed by atoms with E-state index in [0.29, 0.717) is 24.5 Å². The van der Waals surface area contributed by atoms with Gasteiger partial charge in [0, 0.05) is 18.6 Å². The van der Waals surface area contributed by atoms with Gasteiger partial charge in [0.15, 0.2) is 0 Å².